The lowest BCUT2D eigenvalue weighted by Crippen LogP contribution is -2.19. The van der Waals surface area contributed by atoms with Crippen LogP contribution in [0.15, 0.2) is 48.7 Å². The normalized spacial score (nSPS) is 11.2. The van der Waals surface area contributed by atoms with Crippen molar-refractivity contribution in [3.63, 3.8) is 0 Å². The highest BCUT2D eigenvalue weighted by molar-refractivity contribution is 6.10. The van der Waals surface area contributed by atoms with E-state index in [4.69, 9.17) is 0 Å². The lowest BCUT2D eigenvalue weighted by Gasteiger charge is -2.07. The van der Waals surface area contributed by atoms with Gasteiger partial charge >= 0.3 is 5.97 Å². The number of hydrogen-bond donors (Lipinski definition) is 2. The fourth-order valence-electron chi connectivity index (χ4n) is 3.28. The molecule has 3 heterocycles. The maximum absolute atomic E-state index is 12.9. The zero-order valence-electron chi connectivity index (χ0n) is 16.7. The van der Waals surface area contributed by atoms with Gasteiger partial charge in [0, 0.05) is 30.6 Å². The first-order chi connectivity index (χ1) is 14.3. The van der Waals surface area contributed by atoms with E-state index < -0.39 is 11.9 Å². The van der Waals surface area contributed by atoms with Crippen molar-refractivity contribution in [2.75, 3.05) is 5.32 Å². The Hall–Kier alpha value is -4.01. The zero-order valence-corrected chi connectivity index (χ0v) is 16.7. The van der Waals surface area contributed by atoms with Gasteiger partial charge in [-0.2, -0.15) is 5.10 Å². The van der Waals surface area contributed by atoms with Crippen LogP contribution in [0.4, 0.5) is 5.69 Å². The molecule has 3 aromatic heterocycles. The second kappa shape index (κ2) is 7.43. The number of aryl methyl sites for hydroxylation is 1. The Morgan fingerprint density at radius 1 is 1.10 bits per heavy atom. The largest absolute Gasteiger partial charge is 0.478 e. The van der Waals surface area contributed by atoms with E-state index in [1.165, 1.54) is 4.68 Å². The number of carboxylic acid groups (broad SMARTS) is 1. The van der Waals surface area contributed by atoms with Gasteiger partial charge in [0.15, 0.2) is 11.5 Å². The number of carbonyl (C=O) groups is 2. The molecule has 0 aliphatic carbocycles. The molecule has 0 bridgehead atoms. The minimum absolute atomic E-state index is 0.00230. The Bertz CT molecular complexity index is 1260. The van der Waals surface area contributed by atoms with Crippen LogP contribution >= 0.6 is 0 Å². The maximum Gasteiger partial charge on any atom is 0.340 e. The van der Waals surface area contributed by atoms with Crippen LogP contribution in [-0.4, -0.2) is 41.4 Å². The molecule has 30 heavy (non-hydrogen) atoms. The third-order valence-corrected chi connectivity index (χ3v) is 4.68. The van der Waals surface area contributed by atoms with Gasteiger partial charge < -0.3 is 10.4 Å². The highest BCUT2D eigenvalue weighted by Crippen LogP contribution is 2.23. The predicted molar refractivity (Wildman–Crippen MR) is 111 cm³/mol. The van der Waals surface area contributed by atoms with E-state index in [2.05, 4.69) is 20.5 Å². The van der Waals surface area contributed by atoms with Crippen LogP contribution in [0.2, 0.25) is 0 Å². The molecule has 0 atom stereocenters. The standard InChI is InChI=1S/C21H20N6O3/c1-12(2)17-16(21(29)30)18(26(3)24-17)20(28)22-14-9-10-27-15(11-14)23-19(25-27)13-7-5-4-6-8-13/h4-12H,1-3H3,(H,22,28)(H,29,30). The van der Waals surface area contributed by atoms with Crippen LogP contribution in [0.25, 0.3) is 17.0 Å². The number of fused-ring (bicyclic) bond motifs is 1. The molecule has 1 amide bonds. The molecule has 0 radical (unpaired) electrons. The number of nitrogens with one attached hydrogen (secondary N) is 1. The molecular formula is C21H20N6O3. The second-order valence-corrected chi connectivity index (χ2v) is 7.17. The van der Waals surface area contributed by atoms with Crippen LogP contribution in [-0.2, 0) is 7.05 Å². The second-order valence-electron chi connectivity index (χ2n) is 7.17. The maximum atomic E-state index is 12.9. The van der Waals surface area contributed by atoms with E-state index >= 15 is 0 Å². The fraction of sp³-hybridized carbons (Fsp3) is 0.190. The number of aromatic carboxylic acids is 1. The number of carboxylic acids is 1. The molecule has 0 aliphatic heterocycles. The third kappa shape index (κ3) is 3.41. The number of aromatic nitrogens is 5. The molecular weight excluding hydrogens is 384 g/mol. The van der Waals surface area contributed by atoms with Gasteiger partial charge in [-0.25, -0.2) is 14.3 Å². The SMILES string of the molecule is CC(C)c1nn(C)c(C(=O)Nc2ccn3nc(-c4ccccc4)nc3c2)c1C(=O)O. The molecule has 1 aromatic carbocycles. The number of pyridine rings is 1. The number of rotatable bonds is 5. The summed E-state index contributed by atoms with van der Waals surface area (Å²) in [6.45, 7) is 3.67. The van der Waals surface area contributed by atoms with Gasteiger partial charge in [-0.15, -0.1) is 5.10 Å². The molecule has 0 fully saturated rings. The first kappa shape index (κ1) is 19.3. The molecule has 4 rings (SSSR count). The van der Waals surface area contributed by atoms with Gasteiger partial charge in [0.1, 0.15) is 11.3 Å². The quantitative estimate of drug-likeness (QED) is 0.528. The fourth-order valence-corrected chi connectivity index (χ4v) is 3.28. The van der Waals surface area contributed by atoms with E-state index in [0.717, 1.165) is 5.56 Å². The van der Waals surface area contributed by atoms with Crippen molar-refractivity contribution in [2.24, 2.45) is 7.05 Å². The van der Waals surface area contributed by atoms with Crippen LogP contribution in [0.5, 0.6) is 0 Å². The van der Waals surface area contributed by atoms with E-state index in [-0.39, 0.29) is 17.2 Å². The summed E-state index contributed by atoms with van der Waals surface area (Å²) in [4.78, 5) is 29.2. The summed E-state index contributed by atoms with van der Waals surface area (Å²) in [6, 6.07) is 12.9. The number of nitrogens with zero attached hydrogens (tertiary/aromatic N) is 5. The average Bonchev–Trinajstić information content (AvgIpc) is 3.29. The number of amides is 1. The Kier molecular flexibility index (Phi) is 4.78. The van der Waals surface area contributed by atoms with E-state index in [1.54, 1.807) is 29.9 Å². The van der Waals surface area contributed by atoms with Gasteiger partial charge in [-0.05, 0) is 12.0 Å². The zero-order chi connectivity index (χ0) is 21.4. The Morgan fingerprint density at radius 3 is 2.50 bits per heavy atom. The number of benzene rings is 1. The summed E-state index contributed by atoms with van der Waals surface area (Å²) >= 11 is 0. The lowest BCUT2D eigenvalue weighted by molar-refractivity contribution is 0.0690. The van der Waals surface area contributed by atoms with Crippen molar-refractivity contribution in [3.8, 4) is 11.4 Å². The summed E-state index contributed by atoms with van der Waals surface area (Å²) in [7, 11) is 1.56. The average molecular weight is 404 g/mol. The van der Waals surface area contributed by atoms with Crippen molar-refractivity contribution in [1.82, 2.24) is 24.4 Å². The Labute approximate surface area is 172 Å². The van der Waals surface area contributed by atoms with Gasteiger partial charge in [0.05, 0.1) is 5.69 Å². The van der Waals surface area contributed by atoms with Crippen molar-refractivity contribution >= 4 is 23.2 Å². The molecule has 0 saturated heterocycles. The first-order valence-electron chi connectivity index (χ1n) is 9.38. The highest BCUT2D eigenvalue weighted by atomic mass is 16.4. The summed E-state index contributed by atoms with van der Waals surface area (Å²) in [5.74, 6) is -1.30. The number of hydrogen-bond acceptors (Lipinski definition) is 5. The van der Waals surface area contributed by atoms with E-state index in [1.807, 2.05) is 44.2 Å². The minimum Gasteiger partial charge on any atom is -0.478 e. The predicted octanol–water partition coefficient (Wildman–Crippen LogP) is 3.20. The van der Waals surface area contributed by atoms with Crippen LogP contribution in [0, 0.1) is 0 Å². The summed E-state index contributed by atoms with van der Waals surface area (Å²) < 4.78 is 2.92. The molecule has 0 spiro atoms. The summed E-state index contributed by atoms with van der Waals surface area (Å²) in [6.07, 6.45) is 1.69. The first-order valence-corrected chi connectivity index (χ1v) is 9.38. The molecule has 4 aromatic rings. The summed E-state index contributed by atoms with van der Waals surface area (Å²) in [5.41, 5.74) is 2.20. The molecule has 2 N–H and O–H groups in total. The number of anilines is 1. The minimum atomic E-state index is -1.18. The molecule has 0 aliphatic rings. The van der Waals surface area contributed by atoms with Gasteiger partial charge in [0.25, 0.3) is 5.91 Å². The molecule has 9 nitrogen and oxygen atoms in total. The van der Waals surface area contributed by atoms with Crippen LogP contribution < -0.4 is 5.32 Å². The van der Waals surface area contributed by atoms with Gasteiger partial charge in [0.2, 0.25) is 0 Å². The molecule has 0 saturated carbocycles. The Morgan fingerprint density at radius 2 is 1.83 bits per heavy atom. The smallest absolute Gasteiger partial charge is 0.340 e. The van der Waals surface area contributed by atoms with Crippen molar-refractivity contribution < 1.29 is 14.7 Å². The third-order valence-electron chi connectivity index (χ3n) is 4.68. The van der Waals surface area contributed by atoms with Gasteiger partial charge in [-0.1, -0.05) is 44.2 Å². The lowest BCUT2D eigenvalue weighted by atomic mass is 10.0. The summed E-state index contributed by atoms with van der Waals surface area (Å²) in [5, 5.41) is 21.0. The Balaban J connectivity index is 1.66. The molecule has 0 unspecified atom stereocenters. The topological polar surface area (TPSA) is 114 Å². The van der Waals surface area contributed by atoms with Crippen molar-refractivity contribution in [3.05, 3.63) is 65.6 Å². The van der Waals surface area contributed by atoms with Crippen molar-refractivity contribution in [1.29, 1.82) is 0 Å². The van der Waals surface area contributed by atoms with E-state index in [9.17, 15) is 14.7 Å². The van der Waals surface area contributed by atoms with Crippen LogP contribution in [0.1, 0.15) is 46.3 Å². The highest BCUT2D eigenvalue weighted by Gasteiger charge is 2.28. The molecule has 9 heteroatoms. The monoisotopic (exact) mass is 404 g/mol. The van der Waals surface area contributed by atoms with Gasteiger partial charge in [-0.3, -0.25) is 9.48 Å². The van der Waals surface area contributed by atoms with E-state index in [0.29, 0.717) is 22.9 Å². The molecule has 152 valence electrons. The van der Waals surface area contributed by atoms with Crippen LogP contribution in [0.3, 0.4) is 0 Å². The van der Waals surface area contributed by atoms with Crippen molar-refractivity contribution in [2.45, 2.75) is 19.8 Å². The number of carbonyl (C=O) groups excluding carboxylic acids is 1.